The van der Waals surface area contributed by atoms with E-state index in [2.05, 4.69) is 5.32 Å². The van der Waals surface area contributed by atoms with Crippen LogP contribution < -0.4 is 11.1 Å². The van der Waals surface area contributed by atoms with Gasteiger partial charge in [0.15, 0.2) is 0 Å². The molecular weight excluding hydrogens is 290 g/mol. The summed E-state index contributed by atoms with van der Waals surface area (Å²) >= 11 is 0. The van der Waals surface area contributed by atoms with Crippen LogP contribution in [0, 0.1) is 5.41 Å². The van der Waals surface area contributed by atoms with E-state index in [1.54, 1.807) is 6.07 Å². The molecule has 0 aliphatic rings. The molecule has 1 aromatic carbocycles. The van der Waals surface area contributed by atoms with Crippen molar-refractivity contribution in [2.75, 3.05) is 38.3 Å². The third-order valence-corrected chi connectivity index (χ3v) is 5.16. The number of rotatable bonds is 7. The van der Waals surface area contributed by atoms with E-state index in [1.165, 1.54) is 26.2 Å². The van der Waals surface area contributed by atoms with Gasteiger partial charge in [0.25, 0.3) is 0 Å². The summed E-state index contributed by atoms with van der Waals surface area (Å²) in [6.45, 7) is 4.84. The molecule has 0 saturated heterocycles. The second-order valence-electron chi connectivity index (χ2n) is 6.03. The van der Waals surface area contributed by atoms with Crippen LogP contribution in [0.1, 0.15) is 20.3 Å². The first-order chi connectivity index (χ1) is 9.60. The van der Waals surface area contributed by atoms with Gasteiger partial charge in [-0.1, -0.05) is 13.8 Å². The summed E-state index contributed by atoms with van der Waals surface area (Å²) in [5, 5.41) is 12.2. The van der Waals surface area contributed by atoms with E-state index in [0.29, 0.717) is 24.3 Å². The lowest BCUT2D eigenvalue weighted by atomic mass is 9.89. The topological polar surface area (TPSA) is 95.7 Å². The standard InChI is InChI=1S/C14H25N3O3S/c1-14(2,7-8-18)10-16-13-6-5-11(9-12(13)15)21(19,20)17(3)4/h5-6,9,16,18H,7-8,10,15H2,1-4H3. The molecule has 0 fully saturated rings. The van der Waals surface area contributed by atoms with Crippen molar-refractivity contribution in [3.8, 4) is 0 Å². The quantitative estimate of drug-likeness (QED) is 0.660. The molecule has 0 aliphatic heterocycles. The average Bonchev–Trinajstić information content (AvgIpc) is 2.36. The fraction of sp³-hybridized carbons (Fsp3) is 0.571. The van der Waals surface area contributed by atoms with E-state index in [1.807, 2.05) is 13.8 Å². The molecule has 1 rings (SSSR count). The number of aliphatic hydroxyl groups excluding tert-OH is 1. The van der Waals surface area contributed by atoms with Crippen LogP contribution in [0.4, 0.5) is 11.4 Å². The van der Waals surface area contributed by atoms with Gasteiger partial charge in [0.2, 0.25) is 10.0 Å². The zero-order valence-corrected chi connectivity index (χ0v) is 13.9. The predicted molar refractivity (Wildman–Crippen MR) is 85.7 cm³/mol. The molecule has 4 N–H and O–H groups in total. The van der Waals surface area contributed by atoms with Crippen LogP contribution in [-0.2, 0) is 10.0 Å². The maximum absolute atomic E-state index is 12.0. The van der Waals surface area contributed by atoms with Crippen molar-refractivity contribution in [2.45, 2.75) is 25.2 Å². The Bertz CT molecular complexity index is 583. The molecule has 0 aromatic heterocycles. The van der Waals surface area contributed by atoms with Gasteiger partial charge in [0.1, 0.15) is 0 Å². The zero-order chi connectivity index (χ0) is 16.3. The molecule has 0 saturated carbocycles. The van der Waals surface area contributed by atoms with Crippen molar-refractivity contribution in [3.05, 3.63) is 18.2 Å². The van der Waals surface area contributed by atoms with E-state index >= 15 is 0 Å². The third-order valence-electron chi connectivity index (χ3n) is 3.35. The molecule has 0 unspecified atom stereocenters. The Hall–Kier alpha value is -1.31. The van der Waals surface area contributed by atoms with Crippen molar-refractivity contribution in [3.63, 3.8) is 0 Å². The van der Waals surface area contributed by atoms with Gasteiger partial charge in [0.05, 0.1) is 16.3 Å². The molecule has 0 bridgehead atoms. The number of sulfonamides is 1. The summed E-state index contributed by atoms with van der Waals surface area (Å²) in [5.41, 5.74) is 6.93. The summed E-state index contributed by atoms with van der Waals surface area (Å²) in [7, 11) is -0.513. The lowest BCUT2D eigenvalue weighted by molar-refractivity contribution is 0.220. The molecule has 0 aliphatic carbocycles. The van der Waals surface area contributed by atoms with Crippen molar-refractivity contribution in [1.82, 2.24) is 4.31 Å². The number of nitrogens with one attached hydrogen (secondary N) is 1. The van der Waals surface area contributed by atoms with Crippen LogP contribution in [-0.4, -0.2) is 45.1 Å². The highest BCUT2D eigenvalue weighted by molar-refractivity contribution is 7.89. The van der Waals surface area contributed by atoms with Crippen LogP contribution in [0.5, 0.6) is 0 Å². The summed E-state index contributed by atoms with van der Waals surface area (Å²) in [6, 6.07) is 4.66. The van der Waals surface area contributed by atoms with Crippen molar-refractivity contribution < 1.29 is 13.5 Å². The van der Waals surface area contributed by atoms with Gasteiger partial charge >= 0.3 is 0 Å². The zero-order valence-electron chi connectivity index (χ0n) is 13.0. The van der Waals surface area contributed by atoms with E-state index in [-0.39, 0.29) is 16.9 Å². The average molecular weight is 315 g/mol. The Kier molecular flexibility index (Phi) is 5.61. The summed E-state index contributed by atoms with van der Waals surface area (Å²) in [6.07, 6.45) is 0.674. The number of nitrogen functional groups attached to an aromatic ring is 1. The van der Waals surface area contributed by atoms with E-state index in [4.69, 9.17) is 10.8 Å². The van der Waals surface area contributed by atoms with Gasteiger partial charge in [-0.15, -0.1) is 0 Å². The number of nitrogens with two attached hydrogens (primary N) is 1. The monoisotopic (exact) mass is 315 g/mol. The Morgan fingerprint density at radius 1 is 1.33 bits per heavy atom. The van der Waals surface area contributed by atoms with Crippen molar-refractivity contribution in [1.29, 1.82) is 0 Å². The fourth-order valence-electron chi connectivity index (χ4n) is 1.80. The number of benzene rings is 1. The molecule has 0 spiro atoms. The molecule has 0 amide bonds. The highest BCUT2D eigenvalue weighted by Crippen LogP contribution is 2.26. The lowest BCUT2D eigenvalue weighted by Gasteiger charge is -2.25. The minimum atomic E-state index is -3.48. The largest absolute Gasteiger partial charge is 0.397 e. The molecule has 1 aromatic rings. The normalized spacial score (nSPS) is 12.7. The van der Waals surface area contributed by atoms with E-state index in [9.17, 15) is 8.42 Å². The summed E-state index contributed by atoms with van der Waals surface area (Å²) in [4.78, 5) is 0.171. The van der Waals surface area contributed by atoms with Crippen LogP contribution in [0.3, 0.4) is 0 Å². The number of hydrogen-bond acceptors (Lipinski definition) is 5. The Labute approximate surface area is 127 Å². The van der Waals surface area contributed by atoms with Crippen LogP contribution >= 0.6 is 0 Å². The molecule has 21 heavy (non-hydrogen) atoms. The van der Waals surface area contributed by atoms with Crippen molar-refractivity contribution in [2.24, 2.45) is 5.41 Å². The SMILES string of the molecule is CN(C)S(=O)(=O)c1ccc(NCC(C)(C)CCO)c(N)c1. The minimum absolute atomic E-state index is 0.0738. The van der Waals surface area contributed by atoms with Crippen LogP contribution in [0.25, 0.3) is 0 Å². The molecule has 0 heterocycles. The molecule has 0 atom stereocenters. The Balaban J connectivity index is 2.90. The van der Waals surface area contributed by atoms with Crippen LogP contribution in [0.15, 0.2) is 23.1 Å². The maximum Gasteiger partial charge on any atom is 0.242 e. The fourth-order valence-corrected chi connectivity index (χ4v) is 2.74. The summed E-state index contributed by atoms with van der Waals surface area (Å²) < 4.78 is 25.2. The smallest absolute Gasteiger partial charge is 0.242 e. The highest BCUT2D eigenvalue weighted by atomic mass is 32.2. The molecule has 6 nitrogen and oxygen atoms in total. The first-order valence-corrected chi connectivity index (χ1v) is 8.21. The van der Waals surface area contributed by atoms with E-state index < -0.39 is 10.0 Å². The predicted octanol–water partition coefficient (Wildman–Crippen LogP) is 1.34. The number of anilines is 2. The summed E-state index contributed by atoms with van der Waals surface area (Å²) in [5.74, 6) is 0. The molecule has 7 heteroatoms. The molecule has 0 radical (unpaired) electrons. The molecular formula is C14H25N3O3S. The first kappa shape index (κ1) is 17.7. The maximum atomic E-state index is 12.0. The highest BCUT2D eigenvalue weighted by Gasteiger charge is 2.20. The number of hydrogen-bond donors (Lipinski definition) is 3. The Morgan fingerprint density at radius 3 is 2.43 bits per heavy atom. The number of aliphatic hydroxyl groups is 1. The first-order valence-electron chi connectivity index (χ1n) is 6.77. The number of nitrogens with zero attached hydrogens (tertiary/aromatic N) is 1. The van der Waals surface area contributed by atoms with Crippen molar-refractivity contribution >= 4 is 21.4 Å². The van der Waals surface area contributed by atoms with Gasteiger partial charge in [-0.2, -0.15) is 0 Å². The van der Waals surface area contributed by atoms with Gasteiger partial charge in [0, 0.05) is 27.2 Å². The molecule has 120 valence electrons. The van der Waals surface area contributed by atoms with Gasteiger partial charge in [-0.05, 0) is 30.0 Å². The lowest BCUT2D eigenvalue weighted by Crippen LogP contribution is -2.25. The van der Waals surface area contributed by atoms with Gasteiger partial charge in [-0.25, -0.2) is 12.7 Å². The van der Waals surface area contributed by atoms with Gasteiger partial charge < -0.3 is 16.2 Å². The second-order valence-corrected chi connectivity index (χ2v) is 8.18. The minimum Gasteiger partial charge on any atom is -0.397 e. The second kappa shape index (κ2) is 6.64. The Morgan fingerprint density at radius 2 is 1.95 bits per heavy atom. The third kappa shape index (κ3) is 4.59. The van der Waals surface area contributed by atoms with E-state index in [0.717, 1.165) is 4.31 Å². The van der Waals surface area contributed by atoms with Crippen LogP contribution in [0.2, 0.25) is 0 Å². The van der Waals surface area contributed by atoms with Gasteiger partial charge in [-0.3, -0.25) is 0 Å².